The Bertz CT molecular complexity index is 1140. The van der Waals surface area contributed by atoms with Crippen molar-refractivity contribution < 1.29 is 27.6 Å². The van der Waals surface area contributed by atoms with Crippen LogP contribution in [0.15, 0.2) is 57.8 Å². The van der Waals surface area contributed by atoms with Gasteiger partial charge in [-0.1, -0.05) is 29.3 Å². The lowest BCUT2D eigenvalue weighted by Gasteiger charge is -2.19. The molecule has 4 rings (SSSR count). The minimum atomic E-state index is -3.84. The van der Waals surface area contributed by atoms with Crippen molar-refractivity contribution in [3.05, 3.63) is 65.2 Å². The number of fused-ring (bicyclic) bond motifs is 2. The standard InChI is InChI=1S/C18H13N3O6S/c1-20(16-13-8-4-5-9-14(13)28(25,26)19-16)10-15(22)27-21-17(23)11-6-2-3-7-12(11)18(21)24/h2-9H,10H2,1H3. The van der Waals surface area contributed by atoms with E-state index in [4.69, 9.17) is 4.84 Å². The highest BCUT2D eigenvalue weighted by Gasteiger charge is 2.39. The smallest absolute Gasteiger partial charge is 0.347 e. The van der Waals surface area contributed by atoms with Gasteiger partial charge in [-0.05, 0) is 24.3 Å². The Kier molecular flexibility index (Phi) is 4.00. The highest BCUT2D eigenvalue weighted by Crippen LogP contribution is 2.27. The average molecular weight is 399 g/mol. The maximum absolute atomic E-state index is 12.3. The van der Waals surface area contributed by atoms with Gasteiger partial charge in [-0.2, -0.15) is 8.42 Å². The quantitative estimate of drug-likeness (QED) is 0.702. The zero-order valence-corrected chi connectivity index (χ0v) is 15.3. The number of carbonyl (C=O) groups excluding carboxylic acids is 3. The van der Waals surface area contributed by atoms with Crippen LogP contribution < -0.4 is 0 Å². The van der Waals surface area contributed by atoms with E-state index in [-0.39, 0.29) is 21.9 Å². The predicted molar refractivity (Wildman–Crippen MR) is 95.8 cm³/mol. The Labute approximate surface area is 159 Å². The third kappa shape index (κ3) is 2.74. The molecule has 2 aromatic rings. The minimum Gasteiger partial charge on any atom is -0.347 e. The van der Waals surface area contributed by atoms with E-state index < -0.39 is 34.4 Å². The lowest BCUT2D eigenvalue weighted by molar-refractivity contribution is -0.168. The van der Waals surface area contributed by atoms with E-state index in [1.807, 2.05) is 0 Å². The molecule has 0 radical (unpaired) electrons. The van der Waals surface area contributed by atoms with Crippen LogP contribution in [-0.2, 0) is 19.7 Å². The molecule has 0 unspecified atom stereocenters. The van der Waals surface area contributed by atoms with Crippen LogP contribution in [0.4, 0.5) is 0 Å². The van der Waals surface area contributed by atoms with Gasteiger partial charge in [0.25, 0.3) is 21.8 Å². The molecule has 0 bridgehead atoms. The SMILES string of the molecule is CN(CC(=O)ON1C(=O)c2ccccc2C1=O)C1=NS(=O)(=O)c2ccccc21. The molecule has 2 aliphatic rings. The normalized spacial score (nSPS) is 16.5. The molecule has 2 heterocycles. The summed E-state index contributed by atoms with van der Waals surface area (Å²) in [6.07, 6.45) is 0. The first-order valence-corrected chi connectivity index (χ1v) is 9.58. The highest BCUT2D eigenvalue weighted by molar-refractivity contribution is 7.90. The van der Waals surface area contributed by atoms with Crippen LogP contribution in [-0.4, -0.2) is 55.6 Å². The molecule has 28 heavy (non-hydrogen) atoms. The molecule has 0 fully saturated rings. The number of hydrogen-bond donors (Lipinski definition) is 0. The summed E-state index contributed by atoms with van der Waals surface area (Å²) in [7, 11) is -2.38. The molecule has 0 aliphatic carbocycles. The largest absolute Gasteiger partial charge is 0.352 e. The molecule has 0 spiro atoms. The van der Waals surface area contributed by atoms with Gasteiger partial charge in [0.05, 0.1) is 11.1 Å². The van der Waals surface area contributed by atoms with Crippen molar-refractivity contribution in [2.75, 3.05) is 13.6 Å². The predicted octanol–water partition coefficient (Wildman–Crippen LogP) is 0.822. The highest BCUT2D eigenvalue weighted by atomic mass is 32.2. The van der Waals surface area contributed by atoms with Gasteiger partial charge in [0.2, 0.25) is 0 Å². The van der Waals surface area contributed by atoms with Crippen LogP contribution in [0.2, 0.25) is 0 Å². The second-order valence-electron chi connectivity index (χ2n) is 6.16. The van der Waals surface area contributed by atoms with E-state index in [0.717, 1.165) is 0 Å². The second-order valence-corrected chi connectivity index (χ2v) is 7.73. The van der Waals surface area contributed by atoms with E-state index in [1.54, 1.807) is 30.3 Å². The molecule has 0 N–H and O–H groups in total. The fourth-order valence-corrected chi connectivity index (χ4v) is 4.26. The van der Waals surface area contributed by atoms with Crippen molar-refractivity contribution in [1.82, 2.24) is 9.96 Å². The van der Waals surface area contributed by atoms with Crippen LogP contribution in [0.5, 0.6) is 0 Å². The Morgan fingerprint density at radius 3 is 2.14 bits per heavy atom. The molecule has 10 heteroatoms. The molecule has 0 aromatic heterocycles. The number of imide groups is 1. The summed E-state index contributed by atoms with van der Waals surface area (Å²) < 4.78 is 27.9. The first-order valence-electron chi connectivity index (χ1n) is 8.14. The summed E-state index contributed by atoms with van der Waals surface area (Å²) >= 11 is 0. The van der Waals surface area contributed by atoms with Crippen LogP contribution in [0.1, 0.15) is 26.3 Å². The van der Waals surface area contributed by atoms with Gasteiger partial charge in [-0.25, -0.2) is 4.79 Å². The summed E-state index contributed by atoms with van der Waals surface area (Å²) in [4.78, 5) is 43.0. The van der Waals surface area contributed by atoms with Gasteiger partial charge in [-0.15, -0.1) is 4.40 Å². The molecule has 2 aliphatic heterocycles. The maximum Gasteiger partial charge on any atom is 0.352 e. The molecule has 142 valence electrons. The molecule has 0 atom stereocenters. The first-order chi connectivity index (χ1) is 13.3. The van der Waals surface area contributed by atoms with Crippen molar-refractivity contribution in [2.45, 2.75) is 4.90 Å². The number of amidine groups is 1. The van der Waals surface area contributed by atoms with Crippen LogP contribution in [0.25, 0.3) is 0 Å². The van der Waals surface area contributed by atoms with Crippen LogP contribution >= 0.6 is 0 Å². The Morgan fingerprint density at radius 2 is 1.54 bits per heavy atom. The van der Waals surface area contributed by atoms with E-state index in [9.17, 15) is 22.8 Å². The fourth-order valence-electron chi connectivity index (χ4n) is 3.01. The molecule has 0 saturated carbocycles. The van der Waals surface area contributed by atoms with Gasteiger partial charge in [0, 0.05) is 12.6 Å². The first kappa shape index (κ1) is 17.9. The average Bonchev–Trinajstić information content (AvgIpc) is 3.08. The van der Waals surface area contributed by atoms with E-state index in [2.05, 4.69) is 4.40 Å². The second kappa shape index (κ2) is 6.27. The van der Waals surface area contributed by atoms with E-state index >= 15 is 0 Å². The number of likely N-dealkylation sites (N-methyl/N-ethyl adjacent to an activating group) is 1. The number of nitrogens with zero attached hydrogens (tertiary/aromatic N) is 3. The number of carbonyl (C=O) groups is 3. The third-order valence-electron chi connectivity index (χ3n) is 4.29. The molecule has 9 nitrogen and oxygen atoms in total. The third-order valence-corrected chi connectivity index (χ3v) is 5.62. The van der Waals surface area contributed by atoms with Crippen molar-refractivity contribution in [1.29, 1.82) is 0 Å². The number of sulfonamides is 1. The Balaban J connectivity index is 1.50. The van der Waals surface area contributed by atoms with Crippen LogP contribution in [0.3, 0.4) is 0 Å². The zero-order chi connectivity index (χ0) is 20.1. The van der Waals surface area contributed by atoms with Crippen molar-refractivity contribution in [2.24, 2.45) is 4.40 Å². The summed E-state index contributed by atoms with van der Waals surface area (Å²) in [5.74, 6) is -2.30. The topological polar surface area (TPSA) is 113 Å². The lowest BCUT2D eigenvalue weighted by Crippen LogP contribution is -2.38. The fraction of sp³-hybridized carbons (Fsp3) is 0.111. The van der Waals surface area contributed by atoms with Crippen molar-refractivity contribution >= 4 is 33.6 Å². The number of hydroxylamine groups is 2. The summed E-state index contributed by atoms with van der Waals surface area (Å²) in [6.45, 7) is -0.421. The van der Waals surface area contributed by atoms with Gasteiger partial charge in [0.1, 0.15) is 11.4 Å². The number of benzene rings is 2. The minimum absolute atomic E-state index is 0.0468. The Morgan fingerprint density at radius 1 is 1.00 bits per heavy atom. The van der Waals surface area contributed by atoms with Gasteiger partial charge >= 0.3 is 5.97 Å². The molecule has 2 aromatic carbocycles. The summed E-state index contributed by atoms with van der Waals surface area (Å²) in [5.41, 5.74) is 0.654. The Hall–Kier alpha value is -3.53. The van der Waals surface area contributed by atoms with Crippen molar-refractivity contribution in [3.63, 3.8) is 0 Å². The molecule has 2 amide bonds. The van der Waals surface area contributed by atoms with Gasteiger partial charge in [-0.3, -0.25) is 9.59 Å². The van der Waals surface area contributed by atoms with Gasteiger partial charge in [0.15, 0.2) is 5.84 Å². The number of amides is 2. The molecular weight excluding hydrogens is 386 g/mol. The number of rotatable bonds is 3. The summed E-state index contributed by atoms with van der Waals surface area (Å²) in [5, 5.41) is 0.405. The number of hydrogen-bond acceptors (Lipinski definition) is 7. The van der Waals surface area contributed by atoms with Crippen molar-refractivity contribution in [3.8, 4) is 0 Å². The van der Waals surface area contributed by atoms with E-state index in [0.29, 0.717) is 10.6 Å². The maximum atomic E-state index is 12.3. The zero-order valence-electron chi connectivity index (χ0n) is 14.5. The van der Waals surface area contributed by atoms with Crippen LogP contribution in [0, 0.1) is 0 Å². The lowest BCUT2D eigenvalue weighted by atomic mass is 10.1. The monoisotopic (exact) mass is 399 g/mol. The van der Waals surface area contributed by atoms with Gasteiger partial charge < -0.3 is 9.74 Å². The molecule has 0 saturated heterocycles. The summed E-state index contributed by atoms with van der Waals surface area (Å²) in [6, 6.07) is 12.3. The molecular formula is C18H13N3O6S. The van der Waals surface area contributed by atoms with E-state index in [1.165, 1.54) is 30.1 Å².